The third-order valence-electron chi connectivity index (χ3n) is 4.66. The van der Waals surface area contributed by atoms with Gasteiger partial charge in [-0.25, -0.2) is 14.3 Å². The van der Waals surface area contributed by atoms with Crippen molar-refractivity contribution in [2.75, 3.05) is 13.7 Å². The maximum atomic E-state index is 12.5. The average molecular weight is 351 g/mol. The minimum atomic E-state index is -0.0665. The van der Waals surface area contributed by atoms with Gasteiger partial charge in [-0.3, -0.25) is 0 Å². The first-order valence-electron chi connectivity index (χ1n) is 8.63. The second-order valence-corrected chi connectivity index (χ2v) is 6.46. The molecular weight excluding hydrogens is 330 g/mol. The fraction of sp³-hybridized carbons (Fsp3) is 0.316. The molecule has 1 N–H and O–H groups in total. The number of carbonyl (C=O) groups is 1. The second kappa shape index (κ2) is 6.67. The van der Waals surface area contributed by atoms with Crippen molar-refractivity contribution in [2.24, 2.45) is 0 Å². The lowest BCUT2D eigenvalue weighted by Crippen LogP contribution is -2.43. The number of amides is 2. The van der Waals surface area contributed by atoms with Gasteiger partial charge in [-0.15, -0.1) is 0 Å². The van der Waals surface area contributed by atoms with E-state index < -0.39 is 0 Å². The van der Waals surface area contributed by atoms with E-state index in [1.165, 1.54) is 0 Å². The van der Waals surface area contributed by atoms with E-state index in [0.29, 0.717) is 19.6 Å². The van der Waals surface area contributed by atoms with Gasteiger partial charge >= 0.3 is 6.03 Å². The van der Waals surface area contributed by atoms with Gasteiger partial charge in [-0.2, -0.15) is 5.10 Å². The summed E-state index contributed by atoms with van der Waals surface area (Å²) in [7, 11) is 1.64. The predicted octanol–water partition coefficient (Wildman–Crippen LogP) is 2.31. The lowest BCUT2D eigenvalue weighted by molar-refractivity contribution is 0.191. The van der Waals surface area contributed by atoms with E-state index in [1.54, 1.807) is 7.11 Å². The Hall–Kier alpha value is -3.09. The van der Waals surface area contributed by atoms with E-state index in [4.69, 9.17) is 4.74 Å². The number of hydrogen-bond acceptors (Lipinski definition) is 4. The van der Waals surface area contributed by atoms with Crippen molar-refractivity contribution in [3.63, 3.8) is 0 Å². The van der Waals surface area contributed by atoms with E-state index in [0.717, 1.165) is 40.3 Å². The number of hydrogen-bond donors (Lipinski definition) is 1. The van der Waals surface area contributed by atoms with Crippen molar-refractivity contribution in [1.29, 1.82) is 0 Å². The first-order chi connectivity index (χ1) is 12.6. The zero-order valence-electron chi connectivity index (χ0n) is 14.9. The van der Waals surface area contributed by atoms with Gasteiger partial charge in [-0.1, -0.05) is 12.1 Å². The Morgan fingerprint density at radius 3 is 2.88 bits per heavy atom. The van der Waals surface area contributed by atoms with Gasteiger partial charge in [-0.05, 0) is 24.6 Å². The van der Waals surface area contributed by atoms with Gasteiger partial charge < -0.3 is 15.0 Å². The number of fused-ring (bicyclic) bond motifs is 3. The fourth-order valence-electron chi connectivity index (χ4n) is 3.26. The van der Waals surface area contributed by atoms with Gasteiger partial charge in [0, 0.05) is 37.3 Å². The summed E-state index contributed by atoms with van der Waals surface area (Å²) >= 11 is 0. The molecule has 7 heteroatoms. The van der Waals surface area contributed by atoms with Gasteiger partial charge in [0.2, 0.25) is 0 Å². The van der Waals surface area contributed by atoms with E-state index in [2.05, 4.69) is 15.4 Å². The lowest BCUT2D eigenvalue weighted by atomic mass is 10.1. The molecule has 2 aromatic heterocycles. The molecule has 134 valence electrons. The van der Waals surface area contributed by atoms with Gasteiger partial charge in [0.15, 0.2) is 5.65 Å². The highest BCUT2D eigenvalue weighted by Crippen LogP contribution is 2.20. The first kappa shape index (κ1) is 16.4. The summed E-state index contributed by atoms with van der Waals surface area (Å²) in [6, 6.07) is 9.58. The molecule has 7 nitrogen and oxygen atoms in total. The summed E-state index contributed by atoms with van der Waals surface area (Å²) < 4.78 is 7.05. The Kier molecular flexibility index (Phi) is 4.20. The molecule has 0 bridgehead atoms. The Labute approximate surface area is 151 Å². The van der Waals surface area contributed by atoms with Crippen molar-refractivity contribution >= 4 is 11.7 Å². The van der Waals surface area contributed by atoms with Crippen LogP contribution in [0.15, 0.2) is 36.5 Å². The van der Waals surface area contributed by atoms with Crippen LogP contribution in [0.4, 0.5) is 4.79 Å². The topological polar surface area (TPSA) is 71.8 Å². The summed E-state index contributed by atoms with van der Waals surface area (Å²) in [5, 5.41) is 7.49. The molecule has 1 aromatic carbocycles. The van der Waals surface area contributed by atoms with Crippen LogP contribution in [-0.2, 0) is 19.5 Å². The number of methoxy groups -OCH3 is 1. The van der Waals surface area contributed by atoms with Crippen LogP contribution in [0.25, 0.3) is 5.65 Å². The summed E-state index contributed by atoms with van der Waals surface area (Å²) in [5.74, 6) is 0.806. The van der Waals surface area contributed by atoms with Crippen LogP contribution < -0.4 is 10.1 Å². The van der Waals surface area contributed by atoms with Crippen LogP contribution in [0.2, 0.25) is 0 Å². The van der Waals surface area contributed by atoms with E-state index in [1.807, 2.05) is 52.9 Å². The number of urea groups is 1. The Morgan fingerprint density at radius 2 is 2.12 bits per heavy atom. The maximum Gasteiger partial charge on any atom is 0.317 e. The number of nitrogens with one attached hydrogen (secondary N) is 1. The Morgan fingerprint density at radius 1 is 1.31 bits per heavy atom. The standard InChI is InChI=1S/C19H21N5O2/c1-13-9-18-20-11-15-12-23(8-7-17(15)24(18)22-13)19(25)21-10-14-3-5-16(26-2)6-4-14/h3-6,9,11H,7-8,10,12H2,1-2H3,(H,21,25). The number of ether oxygens (including phenoxy) is 1. The minimum Gasteiger partial charge on any atom is -0.497 e. The van der Waals surface area contributed by atoms with Gasteiger partial charge in [0.1, 0.15) is 5.75 Å². The molecule has 0 spiro atoms. The molecule has 2 amide bonds. The maximum absolute atomic E-state index is 12.5. The highest BCUT2D eigenvalue weighted by Gasteiger charge is 2.23. The van der Waals surface area contributed by atoms with Crippen LogP contribution in [0.3, 0.4) is 0 Å². The van der Waals surface area contributed by atoms with Crippen LogP contribution in [0, 0.1) is 6.92 Å². The van der Waals surface area contributed by atoms with Crippen molar-refractivity contribution < 1.29 is 9.53 Å². The zero-order chi connectivity index (χ0) is 18.1. The first-order valence-corrected chi connectivity index (χ1v) is 8.63. The van der Waals surface area contributed by atoms with E-state index in [9.17, 15) is 4.79 Å². The molecular formula is C19H21N5O2. The summed E-state index contributed by atoms with van der Waals surface area (Å²) in [5.41, 5.74) is 5.03. The number of benzene rings is 1. The van der Waals surface area contributed by atoms with Crippen molar-refractivity contribution in [3.8, 4) is 5.75 Å². The molecule has 1 aliphatic heterocycles. The SMILES string of the molecule is COc1ccc(CNC(=O)N2CCc3c(cnc4cc(C)nn34)C2)cc1. The molecule has 0 unspecified atom stereocenters. The zero-order valence-corrected chi connectivity index (χ0v) is 14.9. The highest BCUT2D eigenvalue weighted by molar-refractivity contribution is 5.74. The van der Waals surface area contributed by atoms with Gasteiger partial charge in [0.05, 0.1) is 25.0 Å². The molecule has 1 aliphatic rings. The monoisotopic (exact) mass is 351 g/mol. The number of aromatic nitrogens is 3. The molecule has 0 atom stereocenters. The molecule has 3 aromatic rings. The van der Waals surface area contributed by atoms with Gasteiger partial charge in [0.25, 0.3) is 0 Å². The molecule has 0 saturated carbocycles. The smallest absolute Gasteiger partial charge is 0.317 e. The predicted molar refractivity (Wildman–Crippen MR) is 97.1 cm³/mol. The molecule has 26 heavy (non-hydrogen) atoms. The minimum absolute atomic E-state index is 0.0665. The summed E-state index contributed by atoms with van der Waals surface area (Å²) in [6.07, 6.45) is 2.63. The fourth-order valence-corrected chi connectivity index (χ4v) is 3.26. The normalized spacial score (nSPS) is 13.5. The third kappa shape index (κ3) is 3.08. The second-order valence-electron chi connectivity index (χ2n) is 6.46. The van der Waals surface area contributed by atoms with Crippen LogP contribution in [0.5, 0.6) is 5.75 Å². The van der Waals surface area contributed by atoms with Crippen LogP contribution in [0.1, 0.15) is 22.5 Å². The van der Waals surface area contributed by atoms with Crippen LogP contribution >= 0.6 is 0 Å². The largest absolute Gasteiger partial charge is 0.497 e. The third-order valence-corrected chi connectivity index (χ3v) is 4.66. The number of nitrogens with zero attached hydrogens (tertiary/aromatic N) is 4. The van der Waals surface area contributed by atoms with Crippen molar-refractivity contribution in [1.82, 2.24) is 24.8 Å². The van der Waals surface area contributed by atoms with Crippen molar-refractivity contribution in [2.45, 2.75) is 26.4 Å². The molecule has 4 rings (SSSR count). The number of aryl methyl sites for hydroxylation is 1. The summed E-state index contributed by atoms with van der Waals surface area (Å²) in [6.45, 7) is 3.66. The molecule has 0 fully saturated rings. The Bertz CT molecular complexity index is 948. The summed E-state index contributed by atoms with van der Waals surface area (Å²) in [4.78, 5) is 18.8. The number of rotatable bonds is 3. The molecule has 0 aliphatic carbocycles. The highest BCUT2D eigenvalue weighted by atomic mass is 16.5. The molecule has 0 saturated heterocycles. The lowest BCUT2D eigenvalue weighted by Gasteiger charge is -2.28. The van der Waals surface area contributed by atoms with E-state index in [-0.39, 0.29) is 6.03 Å². The quantitative estimate of drug-likeness (QED) is 0.786. The Balaban J connectivity index is 1.42. The number of carbonyl (C=O) groups excluding carboxylic acids is 1. The van der Waals surface area contributed by atoms with Crippen molar-refractivity contribution in [3.05, 3.63) is 59.0 Å². The molecule has 3 heterocycles. The average Bonchev–Trinajstić information content (AvgIpc) is 3.06. The van der Waals surface area contributed by atoms with E-state index >= 15 is 0 Å². The van der Waals surface area contributed by atoms with Crippen LogP contribution in [-0.4, -0.2) is 39.2 Å². The molecule has 0 radical (unpaired) electrons.